The standard InChI is InChI=1S/C12H15F3O3/c1-3-11(2,17)10(16)8-5-4-6-9(7-8)18-12(13,14)15/h4-7,10,16-17H,3H2,1-2H3. The predicted molar refractivity (Wildman–Crippen MR) is 59.0 cm³/mol. The third-order valence-corrected chi connectivity index (χ3v) is 2.71. The molecule has 18 heavy (non-hydrogen) atoms. The van der Waals surface area contributed by atoms with Gasteiger partial charge in [-0.05, 0) is 31.0 Å². The Morgan fingerprint density at radius 1 is 1.33 bits per heavy atom. The molecule has 1 aromatic rings. The van der Waals surface area contributed by atoms with Gasteiger partial charge in [-0.25, -0.2) is 0 Å². The van der Waals surface area contributed by atoms with E-state index in [2.05, 4.69) is 4.74 Å². The fourth-order valence-corrected chi connectivity index (χ4v) is 1.43. The zero-order valence-corrected chi connectivity index (χ0v) is 10.0. The topological polar surface area (TPSA) is 49.7 Å². The van der Waals surface area contributed by atoms with Gasteiger partial charge in [0.05, 0.1) is 5.60 Å². The first kappa shape index (κ1) is 14.8. The lowest BCUT2D eigenvalue weighted by molar-refractivity contribution is -0.274. The van der Waals surface area contributed by atoms with Gasteiger partial charge in [0.1, 0.15) is 11.9 Å². The maximum Gasteiger partial charge on any atom is 0.573 e. The Labute approximate surface area is 103 Å². The smallest absolute Gasteiger partial charge is 0.406 e. The quantitative estimate of drug-likeness (QED) is 0.879. The van der Waals surface area contributed by atoms with E-state index in [9.17, 15) is 23.4 Å². The Morgan fingerprint density at radius 3 is 2.44 bits per heavy atom. The fourth-order valence-electron chi connectivity index (χ4n) is 1.43. The van der Waals surface area contributed by atoms with E-state index in [-0.39, 0.29) is 12.0 Å². The summed E-state index contributed by atoms with van der Waals surface area (Å²) in [6.45, 7) is 3.08. The molecule has 0 spiro atoms. The highest BCUT2D eigenvalue weighted by Crippen LogP contribution is 2.31. The zero-order chi connectivity index (χ0) is 14.0. The summed E-state index contributed by atoms with van der Waals surface area (Å²) in [5.74, 6) is -0.425. The summed E-state index contributed by atoms with van der Waals surface area (Å²) >= 11 is 0. The second-order valence-corrected chi connectivity index (χ2v) is 4.23. The Balaban J connectivity index is 2.95. The van der Waals surface area contributed by atoms with Gasteiger partial charge >= 0.3 is 6.36 Å². The van der Waals surface area contributed by atoms with Gasteiger partial charge in [-0.1, -0.05) is 19.1 Å². The second kappa shape index (κ2) is 5.16. The maximum atomic E-state index is 12.0. The summed E-state index contributed by atoms with van der Waals surface area (Å²) in [4.78, 5) is 0. The Hall–Kier alpha value is -1.27. The summed E-state index contributed by atoms with van der Waals surface area (Å²) in [6.07, 6.45) is -5.80. The van der Waals surface area contributed by atoms with E-state index < -0.39 is 23.8 Å². The van der Waals surface area contributed by atoms with Crippen LogP contribution in [0.3, 0.4) is 0 Å². The van der Waals surface area contributed by atoms with E-state index >= 15 is 0 Å². The molecule has 2 atom stereocenters. The molecule has 0 aliphatic heterocycles. The highest BCUT2D eigenvalue weighted by Gasteiger charge is 2.33. The van der Waals surface area contributed by atoms with Crippen LogP contribution in [0.1, 0.15) is 31.9 Å². The maximum absolute atomic E-state index is 12.0. The largest absolute Gasteiger partial charge is 0.573 e. The van der Waals surface area contributed by atoms with Crippen LogP contribution < -0.4 is 4.74 Å². The molecule has 1 rings (SSSR count). The molecule has 0 heterocycles. The molecule has 0 fully saturated rings. The van der Waals surface area contributed by atoms with Crippen molar-refractivity contribution in [2.24, 2.45) is 0 Å². The lowest BCUT2D eigenvalue weighted by Crippen LogP contribution is -2.31. The minimum absolute atomic E-state index is 0.170. The number of hydrogen-bond acceptors (Lipinski definition) is 3. The monoisotopic (exact) mass is 264 g/mol. The molecule has 102 valence electrons. The van der Waals surface area contributed by atoms with Crippen LogP contribution >= 0.6 is 0 Å². The van der Waals surface area contributed by atoms with Gasteiger partial charge in [-0.3, -0.25) is 0 Å². The number of rotatable bonds is 4. The predicted octanol–water partition coefficient (Wildman–Crippen LogP) is 2.78. The van der Waals surface area contributed by atoms with E-state index in [1.807, 2.05) is 0 Å². The van der Waals surface area contributed by atoms with Crippen LogP contribution in [0.2, 0.25) is 0 Å². The molecule has 0 aliphatic carbocycles. The summed E-state index contributed by atoms with van der Waals surface area (Å²) < 4.78 is 39.9. The zero-order valence-electron chi connectivity index (χ0n) is 10.0. The summed E-state index contributed by atoms with van der Waals surface area (Å²) in [7, 11) is 0. The molecule has 0 saturated carbocycles. The minimum Gasteiger partial charge on any atom is -0.406 e. The van der Waals surface area contributed by atoms with Crippen molar-refractivity contribution >= 4 is 0 Å². The molecule has 0 radical (unpaired) electrons. The molecule has 0 bridgehead atoms. The van der Waals surface area contributed by atoms with Crippen molar-refractivity contribution < 1.29 is 28.1 Å². The van der Waals surface area contributed by atoms with Crippen molar-refractivity contribution in [2.75, 3.05) is 0 Å². The molecular formula is C12H15F3O3. The molecule has 3 nitrogen and oxygen atoms in total. The van der Waals surface area contributed by atoms with E-state index in [0.717, 1.165) is 12.1 Å². The van der Waals surface area contributed by atoms with Crippen molar-refractivity contribution in [3.8, 4) is 5.75 Å². The molecule has 0 aromatic heterocycles. The van der Waals surface area contributed by atoms with Gasteiger partial charge in [0.15, 0.2) is 0 Å². The first-order chi connectivity index (χ1) is 8.15. The molecule has 0 amide bonds. The number of halogens is 3. The van der Waals surface area contributed by atoms with Crippen LogP contribution in [0.4, 0.5) is 13.2 Å². The third-order valence-electron chi connectivity index (χ3n) is 2.71. The molecule has 2 N–H and O–H groups in total. The van der Waals surface area contributed by atoms with Crippen molar-refractivity contribution in [3.63, 3.8) is 0 Å². The average molecular weight is 264 g/mol. The minimum atomic E-state index is -4.78. The second-order valence-electron chi connectivity index (χ2n) is 4.23. The van der Waals surface area contributed by atoms with Gasteiger partial charge in [0.25, 0.3) is 0 Å². The summed E-state index contributed by atoms with van der Waals surface area (Å²) in [6, 6.07) is 4.94. The van der Waals surface area contributed by atoms with E-state index in [0.29, 0.717) is 0 Å². The van der Waals surface area contributed by atoms with E-state index in [1.165, 1.54) is 19.1 Å². The number of ether oxygens (including phenoxy) is 1. The highest BCUT2D eigenvalue weighted by molar-refractivity contribution is 5.31. The number of benzene rings is 1. The van der Waals surface area contributed by atoms with Crippen molar-refractivity contribution in [2.45, 2.75) is 38.3 Å². The van der Waals surface area contributed by atoms with Crippen LogP contribution in [-0.4, -0.2) is 22.2 Å². The molecule has 2 unspecified atom stereocenters. The van der Waals surface area contributed by atoms with Crippen molar-refractivity contribution in [1.29, 1.82) is 0 Å². The Morgan fingerprint density at radius 2 is 1.94 bits per heavy atom. The number of hydrogen-bond donors (Lipinski definition) is 2. The molecule has 1 aromatic carbocycles. The Kier molecular flexibility index (Phi) is 4.24. The van der Waals surface area contributed by atoms with E-state index in [1.54, 1.807) is 6.92 Å². The van der Waals surface area contributed by atoms with Crippen LogP contribution in [0, 0.1) is 0 Å². The molecule has 0 saturated heterocycles. The molecule has 0 aliphatic rings. The van der Waals surface area contributed by atoms with Crippen LogP contribution in [0.25, 0.3) is 0 Å². The van der Waals surface area contributed by atoms with Crippen LogP contribution in [0.5, 0.6) is 5.75 Å². The van der Waals surface area contributed by atoms with E-state index in [4.69, 9.17) is 0 Å². The van der Waals surface area contributed by atoms with Gasteiger partial charge in [0.2, 0.25) is 0 Å². The normalized spacial score (nSPS) is 17.1. The fraction of sp³-hybridized carbons (Fsp3) is 0.500. The number of aliphatic hydroxyl groups excluding tert-OH is 1. The van der Waals surface area contributed by atoms with Gasteiger partial charge in [-0.2, -0.15) is 0 Å². The first-order valence-electron chi connectivity index (χ1n) is 5.42. The average Bonchev–Trinajstić information content (AvgIpc) is 2.26. The summed E-state index contributed by atoms with van der Waals surface area (Å²) in [5.41, 5.74) is -1.24. The van der Waals surface area contributed by atoms with Gasteiger partial charge in [-0.15, -0.1) is 13.2 Å². The Bertz CT molecular complexity index is 402. The SMILES string of the molecule is CCC(C)(O)C(O)c1cccc(OC(F)(F)F)c1. The highest BCUT2D eigenvalue weighted by atomic mass is 19.4. The third kappa shape index (κ3) is 3.89. The number of alkyl halides is 3. The van der Waals surface area contributed by atoms with Gasteiger partial charge in [0, 0.05) is 0 Å². The lowest BCUT2D eigenvalue weighted by Gasteiger charge is -2.28. The van der Waals surface area contributed by atoms with Crippen molar-refractivity contribution in [1.82, 2.24) is 0 Å². The summed E-state index contributed by atoms with van der Waals surface area (Å²) in [5, 5.41) is 19.7. The number of aliphatic hydroxyl groups is 2. The van der Waals surface area contributed by atoms with Crippen LogP contribution in [-0.2, 0) is 0 Å². The van der Waals surface area contributed by atoms with Crippen molar-refractivity contribution in [3.05, 3.63) is 29.8 Å². The molecular weight excluding hydrogens is 249 g/mol. The first-order valence-corrected chi connectivity index (χ1v) is 5.42. The lowest BCUT2D eigenvalue weighted by atomic mass is 9.90. The molecule has 6 heteroatoms. The van der Waals surface area contributed by atoms with Gasteiger partial charge < -0.3 is 14.9 Å². The van der Waals surface area contributed by atoms with Crippen LogP contribution in [0.15, 0.2) is 24.3 Å².